The quantitative estimate of drug-likeness (QED) is 0.718. The molecule has 0 fully saturated rings. The molecule has 72 valence electrons. The molecule has 0 aliphatic rings. The number of imidazole rings is 1. The SMILES string of the molecule is C=CCc1ccccc1.c1c[nH]cn1. The van der Waals surface area contributed by atoms with Gasteiger partial charge in [-0.1, -0.05) is 36.4 Å². The van der Waals surface area contributed by atoms with Crippen LogP contribution in [0.15, 0.2) is 61.7 Å². The van der Waals surface area contributed by atoms with Gasteiger partial charge in [0.15, 0.2) is 0 Å². The van der Waals surface area contributed by atoms with Gasteiger partial charge in [0.2, 0.25) is 0 Å². The van der Waals surface area contributed by atoms with E-state index in [1.807, 2.05) is 24.3 Å². The van der Waals surface area contributed by atoms with Crippen molar-refractivity contribution in [3.05, 3.63) is 67.3 Å². The maximum atomic E-state index is 3.67. The van der Waals surface area contributed by atoms with Crippen molar-refractivity contribution in [2.24, 2.45) is 0 Å². The van der Waals surface area contributed by atoms with Gasteiger partial charge in [-0.3, -0.25) is 0 Å². The maximum absolute atomic E-state index is 3.67. The molecule has 14 heavy (non-hydrogen) atoms. The number of aromatic nitrogens is 2. The molecule has 1 aromatic carbocycles. The Hall–Kier alpha value is -1.83. The number of hydrogen-bond donors (Lipinski definition) is 1. The van der Waals surface area contributed by atoms with Crippen LogP contribution in [0.1, 0.15) is 5.56 Å². The van der Waals surface area contributed by atoms with Crippen molar-refractivity contribution in [1.29, 1.82) is 0 Å². The van der Waals surface area contributed by atoms with E-state index in [4.69, 9.17) is 0 Å². The molecule has 2 heteroatoms. The molecular weight excluding hydrogens is 172 g/mol. The van der Waals surface area contributed by atoms with E-state index in [9.17, 15) is 0 Å². The highest BCUT2D eigenvalue weighted by Gasteiger charge is 1.82. The summed E-state index contributed by atoms with van der Waals surface area (Å²) in [6.07, 6.45) is 7.97. The zero-order valence-electron chi connectivity index (χ0n) is 8.06. The Labute approximate surface area is 84.3 Å². The number of rotatable bonds is 2. The zero-order chi connectivity index (χ0) is 10.1. The topological polar surface area (TPSA) is 28.7 Å². The smallest absolute Gasteiger partial charge is 0.0919 e. The van der Waals surface area contributed by atoms with E-state index in [-0.39, 0.29) is 0 Å². The third-order valence-corrected chi connectivity index (χ3v) is 1.63. The molecule has 0 aliphatic carbocycles. The number of aromatic amines is 1. The Morgan fingerprint density at radius 2 is 2.07 bits per heavy atom. The summed E-state index contributed by atoms with van der Waals surface area (Å²) < 4.78 is 0. The Morgan fingerprint density at radius 1 is 1.29 bits per heavy atom. The van der Waals surface area contributed by atoms with E-state index in [1.54, 1.807) is 18.7 Å². The van der Waals surface area contributed by atoms with Gasteiger partial charge in [0.25, 0.3) is 0 Å². The van der Waals surface area contributed by atoms with Crippen molar-refractivity contribution in [3.8, 4) is 0 Å². The average molecular weight is 186 g/mol. The lowest BCUT2D eigenvalue weighted by atomic mass is 10.2. The lowest BCUT2D eigenvalue weighted by molar-refractivity contribution is 1.28. The minimum atomic E-state index is 0.973. The minimum Gasteiger partial charge on any atom is -0.351 e. The van der Waals surface area contributed by atoms with Crippen LogP contribution in [-0.2, 0) is 6.42 Å². The first-order chi connectivity index (χ1) is 6.93. The molecular formula is C12H14N2. The highest BCUT2D eigenvalue weighted by molar-refractivity contribution is 5.16. The van der Waals surface area contributed by atoms with Crippen molar-refractivity contribution >= 4 is 0 Å². The molecule has 0 aliphatic heterocycles. The van der Waals surface area contributed by atoms with Gasteiger partial charge in [-0.05, 0) is 12.0 Å². The molecule has 2 aromatic rings. The number of hydrogen-bond acceptors (Lipinski definition) is 1. The van der Waals surface area contributed by atoms with E-state index in [0.29, 0.717) is 0 Å². The largest absolute Gasteiger partial charge is 0.351 e. The van der Waals surface area contributed by atoms with Crippen LogP contribution >= 0.6 is 0 Å². The number of H-pyrrole nitrogens is 1. The summed E-state index contributed by atoms with van der Waals surface area (Å²) in [6.45, 7) is 3.66. The van der Waals surface area contributed by atoms with Crippen LogP contribution in [-0.4, -0.2) is 9.97 Å². The summed E-state index contributed by atoms with van der Waals surface area (Å²) in [5.41, 5.74) is 1.33. The normalized spacial score (nSPS) is 8.57. The van der Waals surface area contributed by atoms with Crippen molar-refractivity contribution < 1.29 is 0 Å². The van der Waals surface area contributed by atoms with Crippen LogP contribution in [0.25, 0.3) is 0 Å². The summed E-state index contributed by atoms with van der Waals surface area (Å²) >= 11 is 0. The Balaban J connectivity index is 0.000000165. The fraction of sp³-hybridized carbons (Fsp3) is 0.0833. The molecule has 2 rings (SSSR count). The Kier molecular flexibility index (Phi) is 4.88. The number of allylic oxidation sites excluding steroid dienone is 1. The lowest BCUT2D eigenvalue weighted by Gasteiger charge is -1.91. The van der Waals surface area contributed by atoms with Gasteiger partial charge in [0, 0.05) is 12.4 Å². The van der Waals surface area contributed by atoms with Gasteiger partial charge in [0.1, 0.15) is 0 Å². The Morgan fingerprint density at radius 3 is 2.50 bits per heavy atom. The van der Waals surface area contributed by atoms with Crippen molar-refractivity contribution in [3.63, 3.8) is 0 Å². The second kappa shape index (κ2) is 6.66. The predicted octanol–water partition coefficient (Wildman–Crippen LogP) is 2.82. The Bertz CT molecular complexity index is 307. The molecule has 0 radical (unpaired) electrons. The van der Waals surface area contributed by atoms with E-state index >= 15 is 0 Å². The van der Waals surface area contributed by atoms with Crippen molar-refractivity contribution in [1.82, 2.24) is 9.97 Å². The number of nitrogens with zero attached hydrogens (tertiary/aromatic N) is 1. The van der Waals surface area contributed by atoms with Gasteiger partial charge >= 0.3 is 0 Å². The molecule has 0 unspecified atom stereocenters. The molecule has 0 atom stereocenters. The van der Waals surface area contributed by atoms with Gasteiger partial charge in [-0.2, -0.15) is 0 Å². The van der Waals surface area contributed by atoms with Crippen LogP contribution in [0, 0.1) is 0 Å². The van der Waals surface area contributed by atoms with Gasteiger partial charge in [-0.25, -0.2) is 4.98 Å². The van der Waals surface area contributed by atoms with E-state index in [1.165, 1.54) is 5.56 Å². The van der Waals surface area contributed by atoms with Crippen LogP contribution in [0.2, 0.25) is 0 Å². The van der Waals surface area contributed by atoms with E-state index in [2.05, 4.69) is 28.7 Å². The van der Waals surface area contributed by atoms with Crippen LogP contribution in [0.5, 0.6) is 0 Å². The first kappa shape index (κ1) is 10.3. The summed E-state index contributed by atoms with van der Waals surface area (Å²) in [6, 6.07) is 10.3. The number of benzene rings is 1. The first-order valence-electron chi connectivity index (χ1n) is 4.51. The number of nitrogens with one attached hydrogen (secondary N) is 1. The van der Waals surface area contributed by atoms with Crippen molar-refractivity contribution in [2.45, 2.75) is 6.42 Å². The maximum Gasteiger partial charge on any atom is 0.0919 e. The fourth-order valence-corrected chi connectivity index (χ4v) is 0.996. The molecule has 1 N–H and O–H groups in total. The fourth-order valence-electron chi connectivity index (χ4n) is 0.996. The molecule has 0 saturated carbocycles. The van der Waals surface area contributed by atoms with Gasteiger partial charge in [-0.15, -0.1) is 6.58 Å². The summed E-state index contributed by atoms with van der Waals surface area (Å²) in [7, 11) is 0. The molecule has 1 aromatic heterocycles. The third kappa shape index (κ3) is 4.26. The van der Waals surface area contributed by atoms with Gasteiger partial charge in [0.05, 0.1) is 6.33 Å². The van der Waals surface area contributed by atoms with E-state index < -0.39 is 0 Å². The molecule has 0 spiro atoms. The van der Waals surface area contributed by atoms with Crippen molar-refractivity contribution in [2.75, 3.05) is 0 Å². The van der Waals surface area contributed by atoms with Crippen LogP contribution in [0.4, 0.5) is 0 Å². The molecule has 2 nitrogen and oxygen atoms in total. The second-order valence-corrected chi connectivity index (χ2v) is 2.74. The molecule has 0 saturated heterocycles. The lowest BCUT2D eigenvalue weighted by Crippen LogP contribution is -1.75. The minimum absolute atomic E-state index is 0.973. The monoisotopic (exact) mass is 186 g/mol. The summed E-state index contributed by atoms with van der Waals surface area (Å²) in [4.78, 5) is 6.42. The standard InChI is InChI=1S/C9H10.C3H4N2/c1-2-6-9-7-4-3-5-8-9;1-2-5-3-4-1/h2-5,7-8H,1,6H2;1-3H,(H,4,5). The third-order valence-electron chi connectivity index (χ3n) is 1.63. The highest BCUT2D eigenvalue weighted by Crippen LogP contribution is 1.98. The highest BCUT2D eigenvalue weighted by atomic mass is 14.8. The van der Waals surface area contributed by atoms with Crippen LogP contribution in [0.3, 0.4) is 0 Å². The molecule has 0 amide bonds. The average Bonchev–Trinajstić information content (AvgIpc) is 2.78. The van der Waals surface area contributed by atoms with Crippen LogP contribution < -0.4 is 0 Å². The predicted molar refractivity (Wildman–Crippen MR) is 58.9 cm³/mol. The zero-order valence-corrected chi connectivity index (χ0v) is 8.06. The molecule has 1 heterocycles. The van der Waals surface area contributed by atoms with Gasteiger partial charge < -0.3 is 4.98 Å². The van der Waals surface area contributed by atoms with E-state index in [0.717, 1.165) is 6.42 Å². The second-order valence-electron chi connectivity index (χ2n) is 2.74. The summed E-state index contributed by atoms with van der Waals surface area (Å²) in [5.74, 6) is 0. The first-order valence-corrected chi connectivity index (χ1v) is 4.51. The molecule has 0 bridgehead atoms. The summed E-state index contributed by atoms with van der Waals surface area (Å²) in [5, 5.41) is 0.